The summed E-state index contributed by atoms with van der Waals surface area (Å²) < 4.78 is 12.8. The van der Waals surface area contributed by atoms with Gasteiger partial charge in [-0.2, -0.15) is 0 Å². The lowest BCUT2D eigenvalue weighted by Crippen LogP contribution is -2.52. The third-order valence-electron chi connectivity index (χ3n) is 3.08. The summed E-state index contributed by atoms with van der Waals surface area (Å²) in [5.74, 6) is -1.19. The minimum absolute atomic E-state index is 0. The molecule has 0 aliphatic rings. The van der Waals surface area contributed by atoms with Gasteiger partial charge in [0.15, 0.2) is 0 Å². The fraction of sp³-hybridized carbons (Fsp3) is 0.467. The highest BCUT2D eigenvalue weighted by Crippen LogP contribution is 2.07. The third-order valence-corrected chi connectivity index (χ3v) is 3.08. The predicted molar refractivity (Wildman–Crippen MR) is 86.4 cm³/mol. The second kappa shape index (κ2) is 9.38. The first kappa shape index (κ1) is 20.3. The molecule has 0 aliphatic carbocycles. The molecule has 5 nitrogen and oxygen atoms in total. The van der Waals surface area contributed by atoms with Crippen LogP contribution in [0.3, 0.4) is 0 Å². The minimum atomic E-state index is -0.670. The van der Waals surface area contributed by atoms with E-state index in [1.54, 1.807) is 6.92 Å². The molecule has 7 heteroatoms. The normalized spacial score (nSPS) is 13.0. The molecule has 1 aromatic carbocycles. The number of carbonyl (C=O) groups is 2. The lowest BCUT2D eigenvalue weighted by molar-refractivity contribution is -0.124. The van der Waals surface area contributed by atoms with Gasteiger partial charge in [-0.05, 0) is 37.1 Å². The maximum Gasteiger partial charge on any atom is 0.251 e. The van der Waals surface area contributed by atoms with Crippen molar-refractivity contribution in [2.24, 2.45) is 11.7 Å². The molecule has 0 aromatic heterocycles. The molecular weight excluding hydrogens is 309 g/mol. The SMILES string of the molecule is CC(C)C(NC(=O)c1ccc(F)cc1)C(=O)N[C@@H](C)CN.Cl. The zero-order valence-corrected chi connectivity index (χ0v) is 13.7. The zero-order chi connectivity index (χ0) is 16.0. The molecule has 1 rings (SSSR count). The summed E-state index contributed by atoms with van der Waals surface area (Å²) in [5.41, 5.74) is 5.77. The summed E-state index contributed by atoms with van der Waals surface area (Å²) in [6, 6.07) is 4.33. The topological polar surface area (TPSA) is 84.2 Å². The van der Waals surface area contributed by atoms with Gasteiger partial charge in [0.1, 0.15) is 11.9 Å². The molecule has 0 radical (unpaired) electrons. The maximum atomic E-state index is 12.8. The molecule has 2 atom stereocenters. The molecule has 0 saturated heterocycles. The van der Waals surface area contributed by atoms with Crippen molar-refractivity contribution in [1.29, 1.82) is 0 Å². The summed E-state index contributed by atoms with van der Waals surface area (Å²) in [6.07, 6.45) is 0. The van der Waals surface area contributed by atoms with E-state index in [2.05, 4.69) is 10.6 Å². The van der Waals surface area contributed by atoms with Crippen LogP contribution in [-0.2, 0) is 4.79 Å². The second-order valence-corrected chi connectivity index (χ2v) is 5.35. The van der Waals surface area contributed by atoms with Crippen molar-refractivity contribution < 1.29 is 14.0 Å². The lowest BCUT2D eigenvalue weighted by Gasteiger charge is -2.23. The van der Waals surface area contributed by atoms with Gasteiger partial charge < -0.3 is 16.4 Å². The standard InChI is InChI=1S/C15H22FN3O2.ClH/c1-9(2)13(15(21)18-10(3)8-17)19-14(20)11-4-6-12(16)7-5-11;/h4-7,9-10,13H,8,17H2,1-3H3,(H,18,21)(H,19,20);1H/t10-,13?;/m0./s1. The van der Waals surface area contributed by atoms with Gasteiger partial charge in [0.2, 0.25) is 5.91 Å². The van der Waals surface area contributed by atoms with Crippen LogP contribution in [0.25, 0.3) is 0 Å². The molecule has 124 valence electrons. The minimum Gasteiger partial charge on any atom is -0.351 e. The average Bonchev–Trinajstić information content (AvgIpc) is 2.44. The number of halogens is 2. The second-order valence-electron chi connectivity index (χ2n) is 5.35. The van der Waals surface area contributed by atoms with E-state index in [-0.39, 0.29) is 30.3 Å². The van der Waals surface area contributed by atoms with Crippen LogP contribution in [0.15, 0.2) is 24.3 Å². The number of amides is 2. The van der Waals surface area contributed by atoms with Gasteiger partial charge in [0.05, 0.1) is 0 Å². The van der Waals surface area contributed by atoms with Gasteiger partial charge in [-0.1, -0.05) is 13.8 Å². The van der Waals surface area contributed by atoms with Crippen LogP contribution >= 0.6 is 12.4 Å². The Balaban J connectivity index is 0.00000441. The van der Waals surface area contributed by atoms with Gasteiger partial charge in [0.25, 0.3) is 5.91 Å². The summed E-state index contributed by atoms with van der Waals surface area (Å²) in [6.45, 7) is 5.78. The van der Waals surface area contributed by atoms with Gasteiger partial charge >= 0.3 is 0 Å². The van der Waals surface area contributed by atoms with Gasteiger partial charge in [0, 0.05) is 18.2 Å². The fourth-order valence-corrected chi connectivity index (χ4v) is 1.75. The van der Waals surface area contributed by atoms with E-state index in [1.807, 2.05) is 13.8 Å². The Morgan fingerprint density at radius 3 is 2.14 bits per heavy atom. The van der Waals surface area contributed by atoms with E-state index in [0.717, 1.165) is 0 Å². The molecule has 22 heavy (non-hydrogen) atoms. The quantitative estimate of drug-likeness (QED) is 0.738. The Morgan fingerprint density at radius 2 is 1.68 bits per heavy atom. The monoisotopic (exact) mass is 331 g/mol. The summed E-state index contributed by atoms with van der Waals surface area (Å²) in [7, 11) is 0. The number of hydrogen-bond acceptors (Lipinski definition) is 3. The molecule has 0 heterocycles. The molecule has 0 aliphatic heterocycles. The van der Waals surface area contributed by atoms with Crippen LogP contribution in [0.4, 0.5) is 4.39 Å². The Labute approximate surface area is 136 Å². The van der Waals surface area contributed by atoms with Crippen LogP contribution in [0.5, 0.6) is 0 Å². The van der Waals surface area contributed by atoms with Crippen molar-refractivity contribution in [3.63, 3.8) is 0 Å². The largest absolute Gasteiger partial charge is 0.351 e. The first-order valence-corrected chi connectivity index (χ1v) is 6.92. The average molecular weight is 332 g/mol. The predicted octanol–water partition coefficient (Wildman–Crippen LogP) is 1.47. The molecule has 4 N–H and O–H groups in total. The Morgan fingerprint density at radius 1 is 1.14 bits per heavy atom. The number of carbonyl (C=O) groups excluding carboxylic acids is 2. The highest BCUT2D eigenvalue weighted by Gasteiger charge is 2.25. The van der Waals surface area contributed by atoms with E-state index in [1.165, 1.54) is 24.3 Å². The molecule has 0 spiro atoms. The van der Waals surface area contributed by atoms with Crippen molar-refractivity contribution in [2.45, 2.75) is 32.9 Å². The highest BCUT2D eigenvalue weighted by atomic mass is 35.5. The first-order valence-electron chi connectivity index (χ1n) is 6.92. The zero-order valence-electron chi connectivity index (χ0n) is 12.9. The Hall–Kier alpha value is -1.66. The van der Waals surface area contributed by atoms with Gasteiger partial charge in [-0.3, -0.25) is 9.59 Å². The smallest absolute Gasteiger partial charge is 0.251 e. The highest BCUT2D eigenvalue weighted by molar-refractivity contribution is 5.97. The molecule has 1 unspecified atom stereocenters. The number of benzene rings is 1. The van der Waals surface area contributed by atoms with E-state index in [4.69, 9.17) is 5.73 Å². The number of hydrogen-bond donors (Lipinski definition) is 3. The van der Waals surface area contributed by atoms with Crippen LogP contribution in [0, 0.1) is 11.7 Å². The van der Waals surface area contributed by atoms with E-state index < -0.39 is 17.8 Å². The van der Waals surface area contributed by atoms with E-state index in [9.17, 15) is 14.0 Å². The summed E-state index contributed by atoms with van der Waals surface area (Å²) >= 11 is 0. The van der Waals surface area contributed by atoms with Crippen LogP contribution in [-0.4, -0.2) is 30.4 Å². The van der Waals surface area contributed by atoms with Crippen molar-refractivity contribution >= 4 is 24.2 Å². The number of nitrogens with one attached hydrogen (secondary N) is 2. The van der Waals surface area contributed by atoms with Crippen LogP contribution in [0.1, 0.15) is 31.1 Å². The molecular formula is C15H23ClFN3O2. The lowest BCUT2D eigenvalue weighted by atomic mass is 10.0. The molecule has 0 bridgehead atoms. The van der Waals surface area contributed by atoms with E-state index >= 15 is 0 Å². The Bertz CT molecular complexity index is 494. The molecule has 2 amide bonds. The molecule has 0 fully saturated rings. The fourth-order valence-electron chi connectivity index (χ4n) is 1.75. The van der Waals surface area contributed by atoms with Crippen molar-refractivity contribution in [2.75, 3.05) is 6.54 Å². The maximum absolute atomic E-state index is 12.8. The first-order chi connectivity index (χ1) is 9.85. The third kappa shape index (κ3) is 5.99. The van der Waals surface area contributed by atoms with Gasteiger partial charge in [-0.25, -0.2) is 4.39 Å². The van der Waals surface area contributed by atoms with Crippen molar-refractivity contribution in [3.8, 4) is 0 Å². The van der Waals surface area contributed by atoms with Crippen LogP contribution < -0.4 is 16.4 Å². The molecule has 0 saturated carbocycles. The molecule has 1 aromatic rings. The summed E-state index contributed by atoms with van der Waals surface area (Å²) in [4.78, 5) is 24.2. The van der Waals surface area contributed by atoms with E-state index in [0.29, 0.717) is 12.1 Å². The Kier molecular flexibility index (Phi) is 8.67. The van der Waals surface area contributed by atoms with Gasteiger partial charge in [-0.15, -0.1) is 12.4 Å². The summed E-state index contributed by atoms with van der Waals surface area (Å²) in [5, 5.41) is 5.41. The van der Waals surface area contributed by atoms with Crippen molar-refractivity contribution in [3.05, 3.63) is 35.6 Å². The van der Waals surface area contributed by atoms with Crippen molar-refractivity contribution in [1.82, 2.24) is 10.6 Å². The van der Waals surface area contributed by atoms with Crippen LogP contribution in [0.2, 0.25) is 0 Å². The number of nitrogens with two attached hydrogens (primary N) is 1. The number of rotatable bonds is 6.